The topological polar surface area (TPSA) is 97.1 Å². The third-order valence-corrected chi connectivity index (χ3v) is 4.58. The fraction of sp³-hybridized carbons (Fsp3) is 0.474. The first-order valence-electron chi connectivity index (χ1n) is 9.06. The van der Waals surface area contributed by atoms with E-state index in [-0.39, 0.29) is 36.7 Å². The summed E-state index contributed by atoms with van der Waals surface area (Å²) >= 11 is 0. The van der Waals surface area contributed by atoms with Crippen LogP contribution in [0.15, 0.2) is 28.8 Å². The molecule has 7 nitrogen and oxygen atoms in total. The number of aromatic nitrogens is 2. The first-order valence-corrected chi connectivity index (χ1v) is 9.06. The van der Waals surface area contributed by atoms with Crippen molar-refractivity contribution in [3.05, 3.63) is 35.7 Å². The molecule has 2 aromatic rings. The summed E-state index contributed by atoms with van der Waals surface area (Å²) in [6.45, 7) is 1.93. The molecule has 1 aromatic carbocycles. The van der Waals surface area contributed by atoms with Crippen LogP contribution in [0.1, 0.15) is 43.6 Å². The highest BCUT2D eigenvalue weighted by molar-refractivity contribution is 5.85. The molecule has 0 bridgehead atoms. The Balaban J connectivity index is 1.46. The Morgan fingerprint density at radius 1 is 1.15 bits per heavy atom. The van der Waals surface area contributed by atoms with E-state index in [4.69, 9.17) is 4.52 Å². The van der Waals surface area contributed by atoms with Gasteiger partial charge in [0.15, 0.2) is 0 Å². The third-order valence-electron chi connectivity index (χ3n) is 4.58. The molecule has 0 atom stereocenters. The molecule has 1 heterocycles. The molecule has 1 saturated carbocycles. The maximum Gasteiger partial charge on any atom is 0.239 e. The SMILES string of the molecule is Cc1ccccc1-c1noc(CC(=O)NCC(=O)NC2CCCCC2)n1. The molecule has 1 aliphatic carbocycles. The lowest BCUT2D eigenvalue weighted by atomic mass is 9.95. The number of aryl methyl sites for hydroxylation is 1. The predicted octanol–water partition coefficient (Wildman–Crippen LogP) is 2.15. The Bertz CT molecular complexity index is 766. The normalized spacial score (nSPS) is 14.8. The first-order chi connectivity index (χ1) is 12.6. The summed E-state index contributed by atoms with van der Waals surface area (Å²) in [6.07, 6.45) is 5.52. The van der Waals surface area contributed by atoms with Gasteiger partial charge in [0, 0.05) is 11.6 Å². The molecular formula is C19H24N4O3. The van der Waals surface area contributed by atoms with Crippen LogP contribution in [0.3, 0.4) is 0 Å². The maximum atomic E-state index is 12.0. The van der Waals surface area contributed by atoms with E-state index in [0.29, 0.717) is 5.82 Å². The van der Waals surface area contributed by atoms with Gasteiger partial charge in [-0.2, -0.15) is 4.98 Å². The van der Waals surface area contributed by atoms with Gasteiger partial charge in [-0.05, 0) is 25.3 Å². The summed E-state index contributed by atoms with van der Waals surface area (Å²) in [5.74, 6) is 0.217. The van der Waals surface area contributed by atoms with Crippen LogP contribution in [0.4, 0.5) is 0 Å². The molecule has 26 heavy (non-hydrogen) atoms. The average molecular weight is 356 g/mol. The zero-order valence-corrected chi connectivity index (χ0v) is 15.0. The Kier molecular flexibility index (Phi) is 5.99. The lowest BCUT2D eigenvalue weighted by Crippen LogP contribution is -2.43. The van der Waals surface area contributed by atoms with Crippen molar-refractivity contribution >= 4 is 11.8 Å². The van der Waals surface area contributed by atoms with Crippen molar-refractivity contribution in [2.45, 2.75) is 51.5 Å². The van der Waals surface area contributed by atoms with Crippen LogP contribution in [-0.2, 0) is 16.0 Å². The molecule has 7 heteroatoms. The summed E-state index contributed by atoms with van der Waals surface area (Å²) < 4.78 is 5.15. The van der Waals surface area contributed by atoms with E-state index >= 15 is 0 Å². The molecule has 3 rings (SSSR count). The molecule has 1 aromatic heterocycles. The number of rotatable bonds is 6. The van der Waals surface area contributed by atoms with E-state index in [1.165, 1.54) is 6.42 Å². The van der Waals surface area contributed by atoms with Gasteiger partial charge in [-0.3, -0.25) is 9.59 Å². The number of benzene rings is 1. The number of nitrogens with one attached hydrogen (secondary N) is 2. The molecular weight excluding hydrogens is 332 g/mol. The minimum absolute atomic E-state index is 0.0336. The van der Waals surface area contributed by atoms with Gasteiger partial charge in [-0.1, -0.05) is 48.7 Å². The van der Waals surface area contributed by atoms with Crippen molar-refractivity contribution in [3.8, 4) is 11.4 Å². The number of carbonyl (C=O) groups excluding carboxylic acids is 2. The lowest BCUT2D eigenvalue weighted by molar-refractivity contribution is -0.126. The minimum atomic E-state index is -0.316. The number of hydrogen-bond acceptors (Lipinski definition) is 5. The molecule has 2 amide bonds. The summed E-state index contributed by atoms with van der Waals surface area (Å²) in [5.41, 5.74) is 1.90. The highest BCUT2D eigenvalue weighted by atomic mass is 16.5. The predicted molar refractivity (Wildman–Crippen MR) is 96.2 cm³/mol. The van der Waals surface area contributed by atoms with Gasteiger partial charge in [-0.25, -0.2) is 0 Å². The highest BCUT2D eigenvalue weighted by Gasteiger charge is 2.17. The molecule has 0 spiro atoms. The molecule has 0 unspecified atom stereocenters. The van der Waals surface area contributed by atoms with Crippen molar-refractivity contribution in [2.75, 3.05) is 6.54 Å². The first kappa shape index (κ1) is 18.1. The van der Waals surface area contributed by atoms with Crippen molar-refractivity contribution in [3.63, 3.8) is 0 Å². The Morgan fingerprint density at radius 3 is 2.69 bits per heavy atom. The summed E-state index contributed by atoms with van der Waals surface area (Å²) in [5, 5.41) is 9.49. The van der Waals surface area contributed by atoms with Gasteiger partial charge < -0.3 is 15.2 Å². The molecule has 2 N–H and O–H groups in total. The maximum absolute atomic E-state index is 12.0. The zero-order chi connectivity index (χ0) is 18.4. The van der Waals surface area contributed by atoms with Gasteiger partial charge >= 0.3 is 0 Å². The number of carbonyl (C=O) groups is 2. The van der Waals surface area contributed by atoms with Crippen LogP contribution in [0.25, 0.3) is 11.4 Å². The van der Waals surface area contributed by atoms with E-state index in [1.807, 2.05) is 31.2 Å². The van der Waals surface area contributed by atoms with Crippen LogP contribution >= 0.6 is 0 Å². The Hall–Kier alpha value is -2.70. The quantitative estimate of drug-likeness (QED) is 0.827. The Morgan fingerprint density at radius 2 is 1.92 bits per heavy atom. The van der Waals surface area contributed by atoms with Gasteiger partial charge in [0.05, 0.1) is 6.54 Å². The number of amides is 2. The molecule has 1 fully saturated rings. The minimum Gasteiger partial charge on any atom is -0.352 e. The van der Waals surface area contributed by atoms with E-state index in [0.717, 1.165) is 36.8 Å². The van der Waals surface area contributed by atoms with Crippen molar-refractivity contribution in [1.82, 2.24) is 20.8 Å². The van der Waals surface area contributed by atoms with E-state index < -0.39 is 0 Å². The zero-order valence-electron chi connectivity index (χ0n) is 15.0. The highest BCUT2D eigenvalue weighted by Crippen LogP contribution is 2.20. The molecule has 0 aliphatic heterocycles. The molecule has 0 saturated heterocycles. The van der Waals surface area contributed by atoms with Crippen LogP contribution in [0.2, 0.25) is 0 Å². The summed E-state index contributed by atoms with van der Waals surface area (Å²) in [7, 11) is 0. The van der Waals surface area contributed by atoms with Gasteiger partial charge in [-0.15, -0.1) is 0 Å². The van der Waals surface area contributed by atoms with Crippen LogP contribution in [-0.4, -0.2) is 34.5 Å². The Labute approximate surface area is 152 Å². The van der Waals surface area contributed by atoms with Crippen molar-refractivity contribution in [2.24, 2.45) is 0 Å². The number of nitrogens with zero attached hydrogens (tertiary/aromatic N) is 2. The van der Waals surface area contributed by atoms with Crippen molar-refractivity contribution in [1.29, 1.82) is 0 Å². The average Bonchev–Trinajstić information content (AvgIpc) is 3.09. The third kappa shape index (κ3) is 4.91. The second kappa shape index (κ2) is 8.60. The van der Waals surface area contributed by atoms with Gasteiger partial charge in [0.25, 0.3) is 0 Å². The van der Waals surface area contributed by atoms with Crippen molar-refractivity contribution < 1.29 is 14.1 Å². The van der Waals surface area contributed by atoms with E-state index in [9.17, 15) is 9.59 Å². The fourth-order valence-corrected chi connectivity index (χ4v) is 3.16. The van der Waals surface area contributed by atoms with Crippen LogP contribution in [0.5, 0.6) is 0 Å². The second-order valence-corrected chi connectivity index (χ2v) is 6.68. The van der Waals surface area contributed by atoms with Gasteiger partial charge in [0.1, 0.15) is 6.42 Å². The van der Waals surface area contributed by atoms with Crippen LogP contribution in [0, 0.1) is 6.92 Å². The smallest absolute Gasteiger partial charge is 0.239 e. The second-order valence-electron chi connectivity index (χ2n) is 6.68. The fourth-order valence-electron chi connectivity index (χ4n) is 3.16. The summed E-state index contributed by atoms with van der Waals surface area (Å²) in [4.78, 5) is 28.2. The van der Waals surface area contributed by atoms with E-state index in [1.54, 1.807) is 0 Å². The number of hydrogen-bond donors (Lipinski definition) is 2. The monoisotopic (exact) mass is 356 g/mol. The van der Waals surface area contributed by atoms with Gasteiger partial charge in [0.2, 0.25) is 23.5 Å². The van der Waals surface area contributed by atoms with E-state index in [2.05, 4.69) is 20.8 Å². The van der Waals surface area contributed by atoms with Crippen LogP contribution < -0.4 is 10.6 Å². The molecule has 1 aliphatic rings. The lowest BCUT2D eigenvalue weighted by Gasteiger charge is -2.22. The summed E-state index contributed by atoms with van der Waals surface area (Å²) in [6, 6.07) is 7.94. The standard InChI is InChI=1S/C19H24N4O3/c1-13-7-5-6-10-15(13)19-22-18(26-23-19)11-16(24)20-12-17(25)21-14-8-3-2-4-9-14/h5-7,10,14H,2-4,8-9,11-12H2,1H3,(H,20,24)(H,21,25). The molecule has 138 valence electrons. The molecule has 0 radical (unpaired) electrons. The largest absolute Gasteiger partial charge is 0.352 e.